The van der Waals surface area contributed by atoms with Gasteiger partial charge in [-0.05, 0) is 52.3 Å². The number of phenolic OH excluding ortho intramolecular Hbond substituents is 1. The van der Waals surface area contributed by atoms with Crippen molar-refractivity contribution in [3.8, 4) is 5.75 Å². The van der Waals surface area contributed by atoms with Gasteiger partial charge in [-0.25, -0.2) is 0 Å². The molecule has 0 bridgehead atoms. The number of nitrogens with one attached hydrogen (secondary N) is 1. The molecule has 0 saturated carbocycles. The Bertz CT molecular complexity index is 1150. The minimum absolute atomic E-state index is 0.0549. The molecular formula is C23H25BrN4O3S. The van der Waals surface area contributed by atoms with Gasteiger partial charge in [0.25, 0.3) is 11.8 Å². The Balaban J connectivity index is 1.48. The lowest BCUT2D eigenvalue weighted by atomic mass is 10.1. The molecule has 4 rings (SSSR count). The molecule has 0 unspecified atom stereocenters. The van der Waals surface area contributed by atoms with E-state index in [0.29, 0.717) is 25.1 Å². The number of carbonyl (C=O) groups is 2. The Hall–Kier alpha value is -2.46. The molecule has 0 spiro atoms. The van der Waals surface area contributed by atoms with Gasteiger partial charge in [0, 0.05) is 48.4 Å². The zero-order chi connectivity index (χ0) is 22.8. The van der Waals surface area contributed by atoms with Crippen LogP contribution in [0.3, 0.4) is 0 Å². The van der Waals surface area contributed by atoms with Crippen molar-refractivity contribution in [2.45, 2.75) is 13.5 Å². The van der Waals surface area contributed by atoms with E-state index in [9.17, 15) is 14.7 Å². The van der Waals surface area contributed by atoms with Crippen LogP contribution in [0.25, 0.3) is 10.1 Å². The van der Waals surface area contributed by atoms with E-state index < -0.39 is 5.91 Å². The van der Waals surface area contributed by atoms with Crippen molar-refractivity contribution in [2.75, 3.05) is 38.0 Å². The normalized spacial score (nSPS) is 15.2. The quantitative estimate of drug-likeness (QED) is 0.462. The van der Waals surface area contributed by atoms with Crippen LogP contribution in [0, 0.1) is 0 Å². The largest absolute Gasteiger partial charge is 0.507 e. The molecule has 32 heavy (non-hydrogen) atoms. The third kappa shape index (κ3) is 4.80. The third-order valence-electron chi connectivity index (χ3n) is 5.77. The molecule has 7 nitrogen and oxygen atoms in total. The van der Waals surface area contributed by atoms with Crippen molar-refractivity contribution in [3.63, 3.8) is 0 Å². The summed E-state index contributed by atoms with van der Waals surface area (Å²) < 4.78 is 1.11. The maximum absolute atomic E-state index is 12.8. The molecule has 1 aliphatic heterocycles. The second-order valence-corrected chi connectivity index (χ2v) is 9.74. The van der Waals surface area contributed by atoms with Crippen LogP contribution in [0.5, 0.6) is 5.75 Å². The Kier molecular flexibility index (Phi) is 6.80. The van der Waals surface area contributed by atoms with E-state index in [1.165, 1.54) is 11.3 Å². The number of benzene rings is 2. The molecule has 2 aromatic carbocycles. The Labute approximate surface area is 198 Å². The number of rotatable bonds is 6. The maximum Gasteiger partial charge on any atom is 0.256 e. The molecule has 9 heteroatoms. The summed E-state index contributed by atoms with van der Waals surface area (Å²) in [6.07, 6.45) is 0. The number of hydrogen-bond acceptors (Lipinski definition) is 6. The second kappa shape index (κ2) is 9.58. The molecule has 0 atom stereocenters. The van der Waals surface area contributed by atoms with Gasteiger partial charge in [0.05, 0.1) is 10.0 Å². The molecule has 1 fully saturated rings. The average molecular weight is 517 g/mol. The zero-order valence-corrected chi connectivity index (χ0v) is 20.1. The van der Waals surface area contributed by atoms with E-state index in [0.717, 1.165) is 44.8 Å². The highest BCUT2D eigenvalue weighted by Gasteiger charge is 2.21. The van der Waals surface area contributed by atoms with Gasteiger partial charge < -0.3 is 21.1 Å². The molecule has 3 aromatic rings. The van der Waals surface area contributed by atoms with E-state index in [-0.39, 0.29) is 17.2 Å². The predicted molar refractivity (Wildman–Crippen MR) is 131 cm³/mol. The summed E-state index contributed by atoms with van der Waals surface area (Å²) in [6, 6.07) is 10.7. The standard InChI is InChI=1S/C23H25BrN4O3S/c1-2-27-7-9-28(10-8-27)13-14-3-5-15(6-4-14)22(31)26-23-20(21(25)30)16-11-17(24)18(29)12-19(16)32-23/h3-6,11-12,29H,2,7-10,13H2,1H3,(H2,25,30)(H,26,31). The van der Waals surface area contributed by atoms with Gasteiger partial charge in [0.15, 0.2) is 0 Å². The van der Waals surface area contributed by atoms with Crippen LogP contribution < -0.4 is 11.1 Å². The van der Waals surface area contributed by atoms with Crippen LogP contribution in [0.15, 0.2) is 40.9 Å². The van der Waals surface area contributed by atoms with Gasteiger partial charge >= 0.3 is 0 Å². The fraction of sp³-hybridized carbons (Fsp3) is 0.304. The first kappa shape index (κ1) is 22.7. The number of anilines is 1. The highest BCUT2D eigenvalue weighted by Crippen LogP contribution is 2.40. The topological polar surface area (TPSA) is 98.9 Å². The van der Waals surface area contributed by atoms with E-state index in [1.807, 2.05) is 12.1 Å². The third-order valence-corrected chi connectivity index (χ3v) is 7.47. The van der Waals surface area contributed by atoms with Crippen molar-refractivity contribution in [1.82, 2.24) is 9.80 Å². The van der Waals surface area contributed by atoms with E-state index in [2.05, 4.69) is 38.0 Å². The van der Waals surface area contributed by atoms with Crippen LogP contribution in [0.2, 0.25) is 0 Å². The van der Waals surface area contributed by atoms with Crippen molar-refractivity contribution in [1.29, 1.82) is 0 Å². The van der Waals surface area contributed by atoms with Gasteiger partial charge in [0.1, 0.15) is 10.8 Å². The van der Waals surface area contributed by atoms with Crippen molar-refractivity contribution < 1.29 is 14.7 Å². The molecule has 4 N–H and O–H groups in total. The number of amides is 2. The monoisotopic (exact) mass is 516 g/mol. The lowest BCUT2D eigenvalue weighted by Gasteiger charge is -2.34. The lowest BCUT2D eigenvalue weighted by molar-refractivity contribution is 0.100. The molecule has 0 aliphatic carbocycles. The summed E-state index contributed by atoms with van der Waals surface area (Å²) in [6.45, 7) is 8.40. The van der Waals surface area contributed by atoms with Crippen molar-refractivity contribution in [3.05, 3.63) is 57.6 Å². The van der Waals surface area contributed by atoms with Crippen LogP contribution in [0.4, 0.5) is 5.00 Å². The number of thiophene rings is 1. The van der Waals surface area contributed by atoms with Gasteiger partial charge in [-0.15, -0.1) is 11.3 Å². The minimum Gasteiger partial charge on any atom is -0.507 e. The molecule has 2 heterocycles. The first-order valence-corrected chi connectivity index (χ1v) is 12.1. The summed E-state index contributed by atoms with van der Waals surface area (Å²) in [5, 5.41) is 13.7. The highest BCUT2D eigenvalue weighted by molar-refractivity contribution is 9.10. The number of nitrogens with zero attached hydrogens (tertiary/aromatic N) is 2. The van der Waals surface area contributed by atoms with Crippen LogP contribution in [0.1, 0.15) is 33.2 Å². The molecule has 0 radical (unpaired) electrons. The smallest absolute Gasteiger partial charge is 0.256 e. The first-order valence-electron chi connectivity index (χ1n) is 10.5. The first-order chi connectivity index (χ1) is 15.4. The minimum atomic E-state index is -0.636. The predicted octanol–water partition coefficient (Wildman–Crippen LogP) is 3.86. The number of phenols is 1. The summed E-state index contributed by atoms with van der Waals surface area (Å²) >= 11 is 4.46. The number of likely N-dealkylation sites (N-methyl/N-ethyl adjacent to an activating group) is 1. The van der Waals surface area contributed by atoms with Crippen LogP contribution in [-0.2, 0) is 6.54 Å². The number of aromatic hydroxyl groups is 1. The molecule has 1 aliphatic rings. The second-order valence-electron chi connectivity index (χ2n) is 7.83. The fourth-order valence-corrected chi connectivity index (χ4v) is 5.36. The van der Waals surface area contributed by atoms with Gasteiger partial charge in [-0.1, -0.05) is 19.1 Å². The number of piperazine rings is 1. The van der Waals surface area contributed by atoms with Crippen molar-refractivity contribution in [2.24, 2.45) is 5.73 Å². The number of primary amides is 1. The van der Waals surface area contributed by atoms with Gasteiger partial charge in [-0.3, -0.25) is 14.5 Å². The number of halogens is 1. The summed E-state index contributed by atoms with van der Waals surface area (Å²) in [7, 11) is 0. The number of carbonyl (C=O) groups excluding carboxylic acids is 2. The molecule has 1 aromatic heterocycles. The van der Waals surface area contributed by atoms with Crippen LogP contribution in [-0.4, -0.2) is 59.4 Å². The van der Waals surface area contributed by atoms with E-state index in [4.69, 9.17) is 5.73 Å². The molecular weight excluding hydrogens is 492 g/mol. The molecule has 168 valence electrons. The number of fused-ring (bicyclic) bond motifs is 1. The molecule has 2 amide bonds. The number of nitrogens with two attached hydrogens (primary N) is 1. The Morgan fingerprint density at radius 2 is 1.78 bits per heavy atom. The average Bonchev–Trinajstić information content (AvgIpc) is 3.11. The van der Waals surface area contributed by atoms with E-state index in [1.54, 1.807) is 24.3 Å². The summed E-state index contributed by atoms with van der Waals surface area (Å²) in [5.41, 5.74) is 7.48. The number of hydrogen-bond donors (Lipinski definition) is 3. The Morgan fingerprint density at radius 3 is 2.41 bits per heavy atom. The lowest BCUT2D eigenvalue weighted by Crippen LogP contribution is -2.45. The van der Waals surface area contributed by atoms with Gasteiger partial charge in [-0.2, -0.15) is 0 Å². The van der Waals surface area contributed by atoms with E-state index >= 15 is 0 Å². The van der Waals surface area contributed by atoms with Crippen LogP contribution >= 0.6 is 27.3 Å². The summed E-state index contributed by atoms with van der Waals surface area (Å²) in [4.78, 5) is 29.8. The summed E-state index contributed by atoms with van der Waals surface area (Å²) in [5.74, 6) is -0.896. The molecule has 1 saturated heterocycles. The maximum atomic E-state index is 12.8. The van der Waals surface area contributed by atoms with Crippen molar-refractivity contribution >= 4 is 54.2 Å². The fourth-order valence-electron chi connectivity index (χ4n) is 3.90. The zero-order valence-electron chi connectivity index (χ0n) is 17.7. The SMILES string of the molecule is CCN1CCN(Cc2ccc(C(=O)Nc3sc4cc(O)c(Br)cc4c3C(N)=O)cc2)CC1. The van der Waals surface area contributed by atoms with Gasteiger partial charge in [0.2, 0.25) is 0 Å². The highest BCUT2D eigenvalue weighted by atomic mass is 79.9. The Morgan fingerprint density at radius 1 is 1.12 bits per heavy atom.